The summed E-state index contributed by atoms with van der Waals surface area (Å²) in [6.07, 6.45) is 3.25. The molecule has 3 rings (SSSR count). The number of hydrogen-bond donors (Lipinski definition) is 3. The van der Waals surface area contributed by atoms with Gasteiger partial charge in [0, 0.05) is 26.1 Å². The number of carbonyl (C=O) groups is 4. The van der Waals surface area contributed by atoms with Crippen molar-refractivity contribution in [3.63, 3.8) is 0 Å². The summed E-state index contributed by atoms with van der Waals surface area (Å²) >= 11 is 1.59. The van der Waals surface area contributed by atoms with E-state index < -0.39 is 18.1 Å². The Kier molecular flexibility index (Phi) is 10.6. The summed E-state index contributed by atoms with van der Waals surface area (Å²) in [4.78, 5) is 50.8. The minimum absolute atomic E-state index is 0.0476. The lowest BCUT2D eigenvalue weighted by molar-refractivity contribution is -0.145. The fraction of sp³-hybridized carbons (Fsp3) is 0.462. The average Bonchev–Trinajstić information content (AvgIpc) is 3.32. The normalized spacial score (nSPS) is 16.0. The van der Waals surface area contributed by atoms with E-state index in [-0.39, 0.29) is 24.3 Å². The summed E-state index contributed by atoms with van der Waals surface area (Å²) in [6.45, 7) is 1.26. The van der Waals surface area contributed by atoms with Gasteiger partial charge in [0.05, 0.1) is 13.7 Å². The number of amides is 3. The number of esters is 1. The van der Waals surface area contributed by atoms with E-state index in [0.29, 0.717) is 44.6 Å². The van der Waals surface area contributed by atoms with E-state index in [2.05, 4.69) is 16.0 Å². The van der Waals surface area contributed by atoms with Crippen molar-refractivity contribution in [3.05, 3.63) is 48.0 Å². The molecule has 194 valence electrons. The lowest BCUT2D eigenvalue weighted by Gasteiger charge is -2.24. The van der Waals surface area contributed by atoms with Crippen molar-refractivity contribution in [2.45, 2.75) is 37.9 Å². The first-order valence-electron chi connectivity index (χ1n) is 12.0. The van der Waals surface area contributed by atoms with Crippen LogP contribution in [-0.2, 0) is 30.5 Å². The highest BCUT2D eigenvalue weighted by Gasteiger charge is 2.27. The van der Waals surface area contributed by atoms with Gasteiger partial charge in [-0.15, -0.1) is 0 Å². The fourth-order valence-corrected chi connectivity index (χ4v) is 4.70. The van der Waals surface area contributed by atoms with Crippen LogP contribution in [0.3, 0.4) is 0 Å². The van der Waals surface area contributed by atoms with Crippen LogP contribution in [0.5, 0.6) is 0 Å². The van der Waals surface area contributed by atoms with Gasteiger partial charge < -0.3 is 20.7 Å². The van der Waals surface area contributed by atoms with E-state index in [1.165, 1.54) is 7.11 Å². The minimum Gasteiger partial charge on any atom is -0.467 e. The summed E-state index contributed by atoms with van der Waals surface area (Å²) < 4.78 is 4.85. The van der Waals surface area contributed by atoms with Crippen molar-refractivity contribution in [3.8, 4) is 0 Å². The standard InChI is InChI=1S/C26H34N4O5S/c1-35-26(34)22(12-15-36-2)29-24(32)17-30(14-13-27-25(33)21-10-11-23(31)28-21)16-19-8-5-7-18-6-3-4-9-20(18)19/h3-9,21-22H,10-17H2,1-2H3,(H,27,33)(H,28,31)(H,29,32)/t21-,22-/m0/s1. The van der Waals surface area contributed by atoms with E-state index in [4.69, 9.17) is 4.74 Å². The Morgan fingerprint density at radius 2 is 1.97 bits per heavy atom. The van der Waals surface area contributed by atoms with E-state index in [9.17, 15) is 19.2 Å². The Hall–Kier alpha value is -3.11. The molecule has 0 radical (unpaired) electrons. The molecule has 1 heterocycles. The molecule has 3 amide bonds. The van der Waals surface area contributed by atoms with E-state index in [1.807, 2.05) is 53.6 Å². The van der Waals surface area contributed by atoms with Crippen LogP contribution in [0.15, 0.2) is 42.5 Å². The molecule has 3 N–H and O–H groups in total. The molecule has 36 heavy (non-hydrogen) atoms. The maximum absolute atomic E-state index is 12.9. The van der Waals surface area contributed by atoms with Gasteiger partial charge >= 0.3 is 5.97 Å². The molecule has 0 unspecified atom stereocenters. The third kappa shape index (κ3) is 7.96. The third-order valence-corrected chi connectivity index (χ3v) is 6.76. The number of benzene rings is 2. The molecule has 0 bridgehead atoms. The van der Waals surface area contributed by atoms with Gasteiger partial charge in [-0.05, 0) is 41.2 Å². The van der Waals surface area contributed by atoms with Gasteiger partial charge in [-0.3, -0.25) is 19.3 Å². The van der Waals surface area contributed by atoms with Crippen LogP contribution in [0, 0.1) is 0 Å². The smallest absolute Gasteiger partial charge is 0.328 e. The van der Waals surface area contributed by atoms with Gasteiger partial charge in [-0.1, -0.05) is 42.5 Å². The monoisotopic (exact) mass is 514 g/mol. The molecule has 0 aromatic heterocycles. The Balaban J connectivity index is 1.67. The number of ether oxygens (including phenoxy) is 1. The molecule has 10 heteroatoms. The fourth-order valence-electron chi connectivity index (χ4n) is 4.23. The molecule has 1 fully saturated rings. The van der Waals surface area contributed by atoms with Gasteiger partial charge in [0.2, 0.25) is 17.7 Å². The Morgan fingerprint density at radius 3 is 2.69 bits per heavy atom. The van der Waals surface area contributed by atoms with Crippen molar-refractivity contribution in [1.29, 1.82) is 0 Å². The van der Waals surface area contributed by atoms with E-state index >= 15 is 0 Å². The van der Waals surface area contributed by atoms with Crippen LogP contribution in [-0.4, -0.2) is 79.4 Å². The molecule has 2 atom stereocenters. The summed E-state index contributed by atoms with van der Waals surface area (Å²) in [5.41, 5.74) is 1.06. The summed E-state index contributed by atoms with van der Waals surface area (Å²) in [5.74, 6) is -0.391. The minimum atomic E-state index is -0.708. The van der Waals surface area contributed by atoms with Crippen molar-refractivity contribution in [1.82, 2.24) is 20.9 Å². The first-order valence-corrected chi connectivity index (χ1v) is 13.4. The zero-order chi connectivity index (χ0) is 25.9. The van der Waals surface area contributed by atoms with E-state index in [0.717, 1.165) is 16.3 Å². The zero-order valence-electron chi connectivity index (χ0n) is 20.7. The molecular weight excluding hydrogens is 480 g/mol. The second-order valence-corrected chi connectivity index (χ2v) is 9.71. The largest absolute Gasteiger partial charge is 0.467 e. The topological polar surface area (TPSA) is 117 Å². The summed E-state index contributed by atoms with van der Waals surface area (Å²) in [5, 5.41) is 10.5. The Morgan fingerprint density at radius 1 is 1.19 bits per heavy atom. The molecule has 2 aromatic rings. The highest BCUT2D eigenvalue weighted by atomic mass is 32.2. The van der Waals surface area contributed by atoms with Gasteiger partial charge in [-0.2, -0.15) is 11.8 Å². The Bertz CT molecular complexity index is 1070. The SMILES string of the molecule is COC(=O)[C@H](CCSC)NC(=O)CN(CCNC(=O)[C@@H]1CCC(=O)N1)Cc1cccc2ccccc12. The Labute approximate surface area is 215 Å². The second-order valence-electron chi connectivity index (χ2n) is 8.72. The number of fused-ring (bicyclic) bond motifs is 1. The summed E-state index contributed by atoms with van der Waals surface area (Å²) in [7, 11) is 1.31. The van der Waals surface area contributed by atoms with Crippen molar-refractivity contribution < 1.29 is 23.9 Å². The second kappa shape index (κ2) is 13.8. The van der Waals surface area contributed by atoms with Crippen molar-refractivity contribution in [2.75, 3.05) is 38.8 Å². The molecule has 0 aliphatic carbocycles. The molecular formula is C26H34N4O5S. The molecule has 1 aliphatic heterocycles. The van der Waals surface area contributed by atoms with Crippen molar-refractivity contribution in [2.24, 2.45) is 0 Å². The van der Waals surface area contributed by atoms with Gasteiger partial charge in [-0.25, -0.2) is 4.79 Å². The van der Waals surface area contributed by atoms with Gasteiger partial charge in [0.1, 0.15) is 12.1 Å². The number of nitrogens with zero attached hydrogens (tertiary/aromatic N) is 1. The lowest BCUT2D eigenvalue weighted by atomic mass is 10.0. The number of rotatable bonds is 13. The van der Waals surface area contributed by atoms with Crippen LogP contribution in [0.25, 0.3) is 10.8 Å². The first kappa shape index (κ1) is 27.5. The number of carbonyl (C=O) groups excluding carboxylic acids is 4. The number of methoxy groups -OCH3 is 1. The lowest BCUT2D eigenvalue weighted by Crippen LogP contribution is -2.48. The number of nitrogens with one attached hydrogen (secondary N) is 3. The average molecular weight is 515 g/mol. The number of thioether (sulfide) groups is 1. The van der Waals surface area contributed by atoms with Gasteiger partial charge in [0.15, 0.2) is 0 Å². The predicted molar refractivity (Wildman–Crippen MR) is 140 cm³/mol. The van der Waals surface area contributed by atoms with Crippen LogP contribution < -0.4 is 16.0 Å². The van der Waals surface area contributed by atoms with Crippen molar-refractivity contribution >= 4 is 46.2 Å². The maximum Gasteiger partial charge on any atom is 0.328 e. The highest BCUT2D eigenvalue weighted by Crippen LogP contribution is 2.20. The highest BCUT2D eigenvalue weighted by molar-refractivity contribution is 7.98. The quantitative estimate of drug-likeness (QED) is 0.347. The first-order chi connectivity index (χ1) is 17.4. The maximum atomic E-state index is 12.9. The molecule has 1 saturated heterocycles. The zero-order valence-corrected chi connectivity index (χ0v) is 21.6. The molecule has 9 nitrogen and oxygen atoms in total. The molecule has 0 spiro atoms. The molecule has 1 aliphatic rings. The van der Waals surface area contributed by atoms with Crippen LogP contribution in [0.4, 0.5) is 0 Å². The number of hydrogen-bond acceptors (Lipinski definition) is 7. The van der Waals surface area contributed by atoms with Crippen LogP contribution >= 0.6 is 11.8 Å². The third-order valence-electron chi connectivity index (χ3n) is 6.11. The summed E-state index contributed by atoms with van der Waals surface area (Å²) in [6, 6.07) is 12.9. The van der Waals surface area contributed by atoms with Crippen LogP contribution in [0.2, 0.25) is 0 Å². The predicted octanol–water partition coefficient (Wildman–Crippen LogP) is 1.45. The molecule has 2 aromatic carbocycles. The van der Waals surface area contributed by atoms with Gasteiger partial charge in [0.25, 0.3) is 0 Å². The van der Waals surface area contributed by atoms with Crippen LogP contribution in [0.1, 0.15) is 24.8 Å². The van der Waals surface area contributed by atoms with E-state index in [1.54, 1.807) is 11.8 Å². The molecule has 0 saturated carbocycles.